The molecular weight excluding hydrogens is 194 g/mol. The van der Waals surface area contributed by atoms with Gasteiger partial charge in [-0.2, -0.15) is 0 Å². The summed E-state index contributed by atoms with van der Waals surface area (Å²) in [4.78, 5) is 14.8. The van der Waals surface area contributed by atoms with Gasteiger partial charge in [-0.05, 0) is 30.9 Å². The average molecular weight is 207 g/mol. The average Bonchev–Trinajstić information content (AvgIpc) is 3.03. The highest BCUT2D eigenvalue weighted by molar-refractivity contribution is 5.71. The Kier molecular flexibility index (Phi) is 2.85. The summed E-state index contributed by atoms with van der Waals surface area (Å²) in [7, 11) is 0. The topological polar surface area (TPSA) is 59.4 Å². The molecule has 0 saturated heterocycles. The third-order valence-corrected chi connectivity index (χ3v) is 2.57. The lowest BCUT2D eigenvalue weighted by Crippen LogP contribution is -2.23. The van der Waals surface area contributed by atoms with Crippen LogP contribution in [0.5, 0.6) is 5.75 Å². The van der Waals surface area contributed by atoms with E-state index < -0.39 is 5.97 Å². The van der Waals surface area contributed by atoms with E-state index in [1.807, 2.05) is 0 Å². The normalized spacial score (nSPS) is 17.1. The highest BCUT2D eigenvalue weighted by Gasteiger charge is 2.36. The van der Waals surface area contributed by atoms with Crippen LogP contribution in [0.3, 0.4) is 0 Å². The van der Waals surface area contributed by atoms with Crippen LogP contribution < -0.4 is 4.74 Å². The summed E-state index contributed by atoms with van der Waals surface area (Å²) in [6.45, 7) is 0.242. The highest BCUT2D eigenvalue weighted by atomic mass is 16.5. The second kappa shape index (κ2) is 4.29. The number of pyridine rings is 1. The Balaban J connectivity index is 1.88. The summed E-state index contributed by atoms with van der Waals surface area (Å²) < 4.78 is 5.39. The van der Waals surface area contributed by atoms with Crippen LogP contribution in [0, 0.1) is 11.8 Å². The van der Waals surface area contributed by atoms with Gasteiger partial charge in [-0.25, -0.2) is 0 Å². The number of aromatic nitrogens is 1. The number of rotatable bonds is 5. The van der Waals surface area contributed by atoms with Gasteiger partial charge >= 0.3 is 5.97 Å². The maximum atomic E-state index is 10.9. The van der Waals surface area contributed by atoms with Gasteiger partial charge in [0, 0.05) is 6.20 Å². The van der Waals surface area contributed by atoms with E-state index in [-0.39, 0.29) is 12.5 Å². The molecule has 1 N–H and O–H groups in total. The van der Waals surface area contributed by atoms with Gasteiger partial charge in [-0.1, -0.05) is 0 Å². The van der Waals surface area contributed by atoms with Crippen molar-refractivity contribution in [2.24, 2.45) is 11.8 Å². The minimum absolute atomic E-state index is 0.242. The number of carbonyl (C=O) groups is 1. The van der Waals surface area contributed by atoms with E-state index in [4.69, 9.17) is 9.84 Å². The Hall–Kier alpha value is -1.58. The van der Waals surface area contributed by atoms with Crippen molar-refractivity contribution in [1.82, 2.24) is 4.98 Å². The third-order valence-electron chi connectivity index (χ3n) is 2.57. The molecule has 2 rings (SSSR count). The van der Waals surface area contributed by atoms with Crippen LogP contribution >= 0.6 is 0 Å². The molecule has 0 radical (unpaired) electrons. The van der Waals surface area contributed by atoms with Crippen LogP contribution in [0.25, 0.3) is 0 Å². The molecule has 1 aromatic rings. The second-order valence-electron chi connectivity index (χ2n) is 3.78. The van der Waals surface area contributed by atoms with Gasteiger partial charge in [0.25, 0.3) is 0 Å². The minimum Gasteiger partial charge on any atom is -0.491 e. The Morgan fingerprint density at radius 3 is 3.00 bits per heavy atom. The first kappa shape index (κ1) is 9.96. The number of carboxylic acids is 1. The summed E-state index contributed by atoms with van der Waals surface area (Å²) in [5, 5.41) is 8.97. The Bertz CT molecular complexity index is 335. The smallest absolute Gasteiger partial charge is 0.310 e. The van der Waals surface area contributed by atoms with Crippen LogP contribution in [0.2, 0.25) is 0 Å². The van der Waals surface area contributed by atoms with Crippen molar-refractivity contribution in [3.8, 4) is 5.75 Å². The lowest BCUT2D eigenvalue weighted by Gasteiger charge is -2.12. The molecule has 1 aromatic heterocycles. The van der Waals surface area contributed by atoms with Crippen LogP contribution in [0.4, 0.5) is 0 Å². The van der Waals surface area contributed by atoms with Gasteiger partial charge in [0.1, 0.15) is 12.4 Å². The quantitative estimate of drug-likeness (QED) is 0.796. The van der Waals surface area contributed by atoms with Gasteiger partial charge < -0.3 is 9.84 Å². The predicted molar refractivity (Wildman–Crippen MR) is 53.6 cm³/mol. The molecule has 1 aliphatic carbocycles. The molecule has 1 aliphatic rings. The highest BCUT2D eigenvalue weighted by Crippen LogP contribution is 2.37. The summed E-state index contributed by atoms with van der Waals surface area (Å²) in [5.74, 6) is -0.199. The lowest BCUT2D eigenvalue weighted by atomic mass is 10.1. The summed E-state index contributed by atoms with van der Waals surface area (Å²) in [5.41, 5.74) is 0. The first-order valence-electron chi connectivity index (χ1n) is 5.03. The van der Waals surface area contributed by atoms with E-state index in [9.17, 15) is 4.79 Å². The van der Waals surface area contributed by atoms with Crippen molar-refractivity contribution in [3.05, 3.63) is 24.5 Å². The number of ether oxygens (including phenoxy) is 1. The number of carboxylic acid groups (broad SMARTS) is 1. The maximum Gasteiger partial charge on any atom is 0.310 e. The van der Waals surface area contributed by atoms with Gasteiger partial charge in [-0.3, -0.25) is 9.78 Å². The van der Waals surface area contributed by atoms with Gasteiger partial charge in [0.05, 0.1) is 12.1 Å². The van der Waals surface area contributed by atoms with Crippen LogP contribution in [0.15, 0.2) is 24.5 Å². The molecule has 0 spiro atoms. The molecular formula is C11H13NO3. The van der Waals surface area contributed by atoms with E-state index in [0.29, 0.717) is 11.7 Å². The van der Waals surface area contributed by atoms with Gasteiger partial charge in [0.15, 0.2) is 0 Å². The predicted octanol–water partition coefficient (Wildman–Crippen LogP) is 1.57. The molecule has 0 aliphatic heterocycles. The molecule has 1 saturated carbocycles. The van der Waals surface area contributed by atoms with Crippen molar-refractivity contribution >= 4 is 5.97 Å². The number of nitrogens with zero attached hydrogens (tertiary/aromatic N) is 1. The summed E-state index contributed by atoms with van der Waals surface area (Å²) in [6, 6.07) is 3.54. The molecule has 1 heterocycles. The SMILES string of the molecule is O=C(O)C(COc1cccnc1)C1CC1. The number of hydrogen-bond donors (Lipinski definition) is 1. The molecule has 0 amide bonds. The van der Waals surface area contributed by atoms with Crippen molar-refractivity contribution in [3.63, 3.8) is 0 Å². The summed E-state index contributed by atoms with van der Waals surface area (Å²) in [6.07, 6.45) is 5.26. The van der Waals surface area contributed by atoms with E-state index >= 15 is 0 Å². The van der Waals surface area contributed by atoms with Crippen molar-refractivity contribution < 1.29 is 14.6 Å². The van der Waals surface area contributed by atoms with Crippen molar-refractivity contribution in [1.29, 1.82) is 0 Å². The zero-order chi connectivity index (χ0) is 10.7. The van der Waals surface area contributed by atoms with Crippen LogP contribution in [-0.2, 0) is 4.79 Å². The Morgan fingerprint density at radius 1 is 1.67 bits per heavy atom. The second-order valence-corrected chi connectivity index (χ2v) is 3.78. The first-order valence-corrected chi connectivity index (χ1v) is 5.03. The van der Waals surface area contributed by atoms with Crippen LogP contribution in [-0.4, -0.2) is 22.7 Å². The molecule has 0 aromatic carbocycles. The molecule has 4 nitrogen and oxygen atoms in total. The summed E-state index contributed by atoms with van der Waals surface area (Å²) >= 11 is 0. The molecule has 1 atom stereocenters. The standard InChI is InChI=1S/C11H13NO3/c13-11(14)10(8-3-4-8)7-15-9-2-1-5-12-6-9/h1-2,5-6,8,10H,3-4,7H2,(H,13,14). The molecule has 1 fully saturated rings. The molecule has 15 heavy (non-hydrogen) atoms. The Morgan fingerprint density at radius 2 is 2.47 bits per heavy atom. The molecule has 4 heteroatoms. The molecule has 80 valence electrons. The lowest BCUT2D eigenvalue weighted by molar-refractivity contribution is -0.143. The maximum absolute atomic E-state index is 10.9. The van der Waals surface area contributed by atoms with E-state index in [2.05, 4.69) is 4.98 Å². The van der Waals surface area contributed by atoms with E-state index in [1.165, 1.54) is 0 Å². The van der Waals surface area contributed by atoms with Gasteiger partial charge in [-0.15, -0.1) is 0 Å². The van der Waals surface area contributed by atoms with E-state index in [1.54, 1.807) is 24.5 Å². The van der Waals surface area contributed by atoms with Crippen molar-refractivity contribution in [2.75, 3.05) is 6.61 Å². The largest absolute Gasteiger partial charge is 0.491 e. The number of hydrogen-bond acceptors (Lipinski definition) is 3. The van der Waals surface area contributed by atoms with Gasteiger partial charge in [0.2, 0.25) is 0 Å². The zero-order valence-corrected chi connectivity index (χ0v) is 8.30. The monoisotopic (exact) mass is 207 g/mol. The molecule has 1 unspecified atom stereocenters. The fraction of sp³-hybridized carbons (Fsp3) is 0.455. The fourth-order valence-electron chi connectivity index (χ4n) is 1.53. The fourth-order valence-corrected chi connectivity index (χ4v) is 1.53. The number of aliphatic carboxylic acids is 1. The minimum atomic E-state index is -0.763. The molecule has 0 bridgehead atoms. The van der Waals surface area contributed by atoms with Crippen molar-refractivity contribution in [2.45, 2.75) is 12.8 Å². The third kappa shape index (κ3) is 2.68. The Labute approximate surface area is 87.9 Å². The first-order chi connectivity index (χ1) is 7.27. The van der Waals surface area contributed by atoms with Crippen LogP contribution in [0.1, 0.15) is 12.8 Å². The van der Waals surface area contributed by atoms with E-state index in [0.717, 1.165) is 12.8 Å². The zero-order valence-electron chi connectivity index (χ0n) is 8.30.